The van der Waals surface area contributed by atoms with Crippen molar-refractivity contribution in [2.75, 3.05) is 5.32 Å². The van der Waals surface area contributed by atoms with E-state index in [9.17, 15) is 9.59 Å². The highest BCUT2D eigenvalue weighted by Gasteiger charge is 2.30. The van der Waals surface area contributed by atoms with E-state index in [1.165, 1.54) is 6.07 Å². The molecule has 1 fully saturated rings. The van der Waals surface area contributed by atoms with Crippen molar-refractivity contribution in [3.8, 4) is 11.1 Å². The summed E-state index contributed by atoms with van der Waals surface area (Å²) in [5, 5.41) is 6.99. The molecule has 1 saturated carbocycles. The molecule has 7 nitrogen and oxygen atoms in total. The Kier molecular flexibility index (Phi) is 2.78. The molecule has 7 heteroatoms. The quantitative estimate of drug-likeness (QED) is 0.764. The Morgan fingerprint density at radius 2 is 2.23 bits per heavy atom. The number of carbonyl (C=O) groups is 1. The fourth-order valence-corrected chi connectivity index (χ4v) is 2.35. The van der Waals surface area contributed by atoms with Gasteiger partial charge in [0.2, 0.25) is 17.4 Å². The number of hydrogen-bond donors (Lipinski definition) is 2. The maximum atomic E-state index is 11.8. The third kappa shape index (κ3) is 2.26. The number of nitrogens with zero attached hydrogens (tertiary/aromatic N) is 3. The number of H-pyrrole nitrogens is 1. The van der Waals surface area contributed by atoms with Crippen LogP contribution in [0.4, 0.5) is 5.95 Å². The first kappa shape index (κ1) is 12.8. The van der Waals surface area contributed by atoms with E-state index in [2.05, 4.69) is 20.4 Å². The lowest BCUT2D eigenvalue weighted by atomic mass is 10.1. The largest absolute Gasteiger partial charge is 0.329 e. The summed E-state index contributed by atoms with van der Waals surface area (Å²) in [5.41, 5.74) is 1.95. The van der Waals surface area contributed by atoms with Gasteiger partial charge in [-0.2, -0.15) is 4.98 Å². The fraction of sp³-hybridized carbons (Fsp3) is 0.200. The number of aromatic nitrogens is 4. The van der Waals surface area contributed by atoms with Gasteiger partial charge in [-0.1, -0.05) is 0 Å². The zero-order valence-electron chi connectivity index (χ0n) is 11.6. The number of aromatic amines is 1. The summed E-state index contributed by atoms with van der Waals surface area (Å²) in [7, 11) is 0. The summed E-state index contributed by atoms with van der Waals surface area (Å²) in [6.07, 6.45) is 5.20. The van der Waals surface area contributed by atoms with E-state index in [1.807, 2.05) is 12.1 Å². The molecule has 1 aliphatic rings. The average Bonchev–Trinajstić information content (AvgIpc) is 3.27. The Labute approximate surface area is 125 Å². The number of rotatable bonds is 3. The minimum absolute atomic E-state index is 0.0337. The maximum absolute atomic E-state index is 11.8. The first-order valence-electron chi connectivity index (χ1n) is 7.06. The van der Waals surface area contributed by atoms with Crippen LogP contribution in [0.1, 0.15) is 12.8 Å². The van der Waals surface area contributed by atoms with Crippen LogP contribution in [-0.2, 0) is 4.79 Å². The second-order valence-corrected chi connectivity index (χ2v) is 5.33. The van der Waals surface area contributed by atoms with E-state index in [0.717, 1.165) is 24.0 Å². The SMILES string of the molecule is O=C(Nc1nc2c(-c3cc[nH]c(=O)c3)cccn2n1)C1CC1. The normalized spacial score (nSPS) is 14.2. The van der Waals surface area contributed by atoms with Crippen LogP contribution in [0.25, 0.3) is 16.8 Å². The van der Waals surface area contributed by atoms with Gasteiger partial charge in [-0.3, -0.25) is 14.9 Å². The highest BCUT2D eigenvalue weighted by molar-refractivity contribution is 5.93. The second kappa shape index (κ2) is 4.80. The van der Waals surface area contributed by atoms with Crippen molar-refractivity contribution < 1.29 is 4.79 Å². The zero-order valence-corrected chi connectivity index (χ0v) is 11.6. The molecule has 0 unspecified atom stereocenters. The molecule has 22 heavy (non-hydrogen) atoms. The Balaban J connectivity index is 1.77. The van der Waals surface area contributed by atoms with Crippen molar-refractivity contribution in [3.63, 3.8) is 0 Å². The van der Waals surface area contributed by atoms with E-state index >= 15 is 0 Å². The minimum Gasteiger partial charge on any atom is -0.329 e. The van der Waals surface area contributed by atoms with Gasteiger partial charge in [-0.25, -0.2) is 4.52 Å². The monoisotopic (exact) mass is 295 g/mol. The number of amides is 1. The smallest absolute Gasteiger partial charge is 0.249 e. The highest BCUT2D eigenvalue weighted by Crippen LogP contribution is 2.30. The topological polar surface area (TPSA) is 92.1 Å². The van der Waals surface area contributed by atoms with E-state index in [0.29, 0.717) is 5.65 Å². The Bertz CT molecular complexity index is 923. The van der Waals surface area contributed by atoms with Crippen molar-refractivity contribution in [1.82, 2.24) is 19.6 Å². The van der Waals surface area contributed by atoms with Gasteiger partial charge >= 0.3 is 0 Å². The van der Waals surface area contributed by atoms with Gasteiger partial charge in [0, 0.05) is 29.9 Å². The summed E-state index contributed by atoms with van der Waals surface area (Å²) in [4.78, 5) is 30.2. The molecule has 0 aromatic carbocycles. The Morgan fingerprint density at radius 1 is 1.36 bits per heavy atom. The Hall–Kier alpha value is -2.96. The number of carbonyl (C=O) groups excluding carboxylic acids is 1. The molecule has 0 spiro atoms. The molecule has 3 aromatic rings. The molecule has 3 aromatic heterocycles. The van der Waals surface area contributed by atoms with Crippen LogP contribution in [0.15, 0.2) is 41.5 Å². The van der Waals surface area contributed by atoms with Crippen LogP contribution in [0, 0.1) is 5.92 Å². The number of anilines is 1. The predicted molar refractivity (Wildman–Crippen MR) is 80.4 cm³/mol. The van der Waals surface area contributed by atoms with Crippen LogP contribution in [0.5, 0.6) is 0 Å². The molecule has 1 amide bonds. The van der Waals surface area contributed by atoms with Crippen molar-refractivity contribution in [3.05, 3.63) is 47.0 Å². The van der Waals surface area contributed by atoms with Gasteiger partial charge in [0.15, 0.2) is 5.65 Å². The average molecular weight is 295 g/mol. The Morgan fingerprint density at radius 3 is 3.00 bits per heavy atom. The number of nitrogens with one attached hydrogen (secondary N) is 2. The first-order valence-corrected chi connectivity index (χ1v) is 7.06. The fourth-order valence-electron chi connectivity index (χ4n) is 2.35. The molecule has 1 aliphatic carbocycles. The molecule has 3 heterocycles. The lowest BCUT2D eigenvalue weighted by molar-refractivity contribution is -0.117. The van der Waals surface area contributed by atoms with Crippen molar-refractivity contribution >= 4 is 17.5 Å². The number of pyridine rings is 2. The van der Waals surface area contributed by atoms with Gasteiger partial charge in [0.05, 0.1) is 0 Å². The molecule has 0 radical (unpaired) electrons. The summed E-state index contributed by atoms with van der Waals surface area (Å²) >= 11 is 0. The number of hydrogen-bond acceptors (Lipinski definition) is 4. The van der Waals surface area contributed by atoms with Crippen LogP contribution in [0.3, 0.4) is 0 Å². The number of fused-ring (bicyclic) bond motifs is 1. The summed E-state index contributed by atoms with van der Waals surface area (Å²) in [5.74, 6) is 0.349. The van der Waals surface area contributed by atoms with Gasteiger partial charge in [0.25, 0.3) is 0 Å². The third-order valence-electron chi connectivity index (χ3n) is 3.63. The highest BCUT2D eigenvalue weighted by atomic mass is 16.2. The van der Waals surface area contributed by atoms with E-state index in [4.69, 9.17) is 0 Å². The van der Waals surface area contributed by atoms with Crippen LogP contribution >= 0.6 is 0 Å². The molecule has 2 N–H and O–H groups in total. The first-order chi connectivity index (χ1) is 10.7. The molecular weight excluding hydrogens is 282 g/mol. The minimum atomic E-state index is -0.179. The van der Waals surface area contributed by atoms with Gasteiger partial charge < -0.3 is 4.98 Å². The van der Waals surface area contributed by atoms with Crippen LogP contribution in [-0.4, -0.2) is 25.5 Å². The molecule has 4 rings (SSSR count). The van der Waals surface area contributed by atoms with Gasteiger partial charge in [0.1, 0.15) is 0 Å². The van der Waals surface area contributed by atoms with Gasteiger partial charge in [-0.05, 0) is 36.6 Å². The van der Waals surface area contributed by atoms with Crippen molar-refractivity contribution in [1.29, 1.82) is 0 Å². The van der Waals surface area contributed by atoms with E-state index in [-0.39, 0.29) is 23.3 Å². The standard InChI is InChI=1S/C15H13N5O2/c21-12-8-10(5-6-16-12)11-2-1-7-20-13(11)17-15(19-20)18-14(22)9-3-4-9/h1-2,5-9H,3-4H2,(H,16,21)(H,18,19,22). The maximum Gasteiger partial charge on any atom is 0.249 e. The molecular formula is C15H13N5O2. The van der Waals surface area contributed by atoms with E-state index in [1.54, 1.807) is 23.0 Å². The summed E-state index contributed by atoms with van der Waals surface area (Å²) in [6.45, 7) is 0. The molecule has 0 atom stereocenters. The van der Waals surface area contributed by atoms with Gasteiger partial charge in [-0.15, -0.1) is 5.10 Å². The molecule has 0 bridgehead atoms. The van der Waals surface area contributed by atoms with Crippen molar-refractivity contribution in [2.24, 2.45) is 5.92 Å². The zero-order chi connectivity index (χ0) is 15.1. The predicted octanol–water partition coefficient (Wildman–Crippen LogP) is 1.43. The third-order valence-corrected chi connectivity index (χ3v) is 3.63. The summed E-state index contributed by atoms with van der Waals surface area (Å²) in [6, 6.07) is 7.00. The van der Waals surface area contributed by atoms with Crippen LogP contribution < -0.4 is 10.9 Å². The second-order valence-electron chi connectivity index (χ2n) is 5.33. The van der Waals surface area contributed by atoms with E-state index < -0.39 is 0 Å². The lowest BCUT2D eigenvalue weighted by Crippen LogP contribution is -2.14. The lowest BCUT2D eigenvalue weighted by Gasteiger charge is -2.01. The molecule has 0 saturated heterocycles. The molecule has 110 valence electrons. The van der Waals surface area contributed by atoms with Crippen LogP contribution in [0.2, 0.25) is 0 Å². The molecule has 0 aliphatic heterocycles. The summed E-state index contributed by atoms with van der Waals surface area (Å²) < 4.78 is 1.60. The van der Waals surface area contributed by atoms with Crippen molar-refractivity contribution in [2.45, 2.75) is 12.8 Å².